The van der Waals surface area contributed by atoms with Gasteiger partial charge >= 0.3 is 6.09 Å². The standard InChI is InChI=1S/C31H32N4O5.ClH/c1-31(2,3)40-30(38)32-16-18-13-14-34-23-12-8-6-10-20(23)25(24(34)15-18)27-26(28(36)35(39)29(27)37)21-17-33(4)22-11-7-5-9-19(21)22;/h5-12,17-18,39H,13-16H2,1-4H3,(H,32,38);1H. The summed E-state index contributed by atoms with van der Waals surface area (Å²) in [6.45, 7) is 6.58. The fourth-order valence-electron chi connectivity index (χ4n) is 6.05. The predicted octanol–water partition coefficient (Wildman–Crippen LogP) is 5.31. The Balaban J connectivity index is 0.00000337. The Morgan fingerprint density at radius 1 is 1.00 bits per heavy atom. The summed E-state index contributed by atoms with van der Waals surface area (Å²) in [6, 6.07) is 15.5. The summed E-state index contributed by atoms with van der Waals surface area (Å²) >= 11 is 0. The molecule has 1 unspecified atom stereocenters. The number of aromatic nitrogens is 2. The summed E-state index contributed by atoms with van der Waals surface area (Å²) in [6.07, 6.45) is 2.78. The third-order valence-corrected chi connectivity index (χ3v) is 7.73. The van der Waals surface area contributed by atoms with Crippen LogP contribution in [0.3, 0.4) is 0 Å². The molecule has 4 heterocycles. The molecule has 0 bridgehead atoms. The van der Waals surface area contributed by atoms with Crippen LogP contribution in [-0.2, 0) is 34.3 Å². The number of hydrogen-bond donors (Lipinski definition) is 2. The molecule has 6 rings (SSSR count). The van der Waals surface area contributed by atoms with Crippen molar-refractivity contribution in [3.63, 3.8) is 0 Å². The lowest BCUT2D eigenvalue weighted by molar-refractivity contribution is -0.168. The van der Waals surface area contributed by atoms with E-state index in [1.807, 2.05) is 87.1 Å². The number of imide groups is 1. The zero-order chi connectivity index (χ0) is 28.3. The maximum atomic E-state index is 13.6. The second-order valence-corrected chi connectivity index (χ2v) is 11.6. The van der Waals surface area contributed by atoms with Crippen molar-refractivity contribution < 1.29 is 24.3 Å². The molecule has 0 radical (unpaired) electrons. The molecule has 10 heteroatoms. The van der Waals surface area contributed by atoms with E-state index in [0.29, 0.717) is 30.6 Å². The molecule has 2 aliphatic heterocycles. The Labute approximate surface area is 243 Å². The van der Waals surface area contributed by atoms with E-state index in [1.54, 1.807) is 0 Å². The number of nitrogens with zero attached hydrogens (tertiary/aromatic N) is 3. The molecule has 214 valence electrons. The molecule has 41 heavy (non-hydrogen) atoms. The van der Waals surface area contributed by atoms with Gasteiger partial charge in [-0.15, -0.1) is 17.5 Å². The van der Waals surface area contributed by atoms with Crippen LogP contribution in [0.4, 0.5) is 4.79 Å². The van der Waals surface area contributed by atoms with E-state index >= 15 is 0 Å². The highest BCUT2D eigenvalue weighted by atomic mass is 35.5. The van der Waals surface area contributed by atoms with Crippen molar-refractivity contribution in [3.8, 4) is 0 Å². The fourth-order valence-corrected chi connectivity index (χ4v) is 6.05. The molecule has 0 saturated heterocycles. The molecule has 0 saturated carbocycles. The number of aryl methyl sites for hydroxylation is 2. The number of ether oxygens (including phenoxy) is 1. The number of carbonyl (C=O) groups is 3. The predicted molar refractivity (Wildman–Crippen MR) is 159 cm³/mol. The van der Waals surface area contributed by atoms with Crippen molar-refractivity contribution in [3.05, 3.63) is 71.5 Å². The molecule has 4 aromatic rings. The average molecular weight is 577 g/mol. The molecular formula is C31H33ClN4O5. The summed E-state index contributed by atoms with van der Waals surface area (Å²) in [4.78, 5) is 39.4. The summed E-state index contributed by atoms with van der Waals surface area (Å²) in [5.41, 5.74) is 3.86. The van der Waals surface area contributed by atoms with Crippen molar-refractivity contribution in [1.82, 2.24) is 19.5 Å². The van der Waals surface area contributed by atoms with Crippen LogP contribution in [0, 0.1) is 5.92 Å². The van der Waals surface area contributed by atoms with Crippen LogP contribution in [0.1, 0.15) is 44.0 Å². The molecule has 0 spiro atoms. The van der Waals surface area contributed by atoms with Gasteiger partial charge in [0.15, 0.2) is 0 Å². The SMILES string of the molecule is Cl.Cn1cc(C2=C(c3c4n(c5ccccc35)CCC(CNC(=O)OC(C)(C)C)C4)C(=O)N(O)C2=O)c2ccccc21. The molecule has 0 aliphatic carbocycles. The van der Waals surface area contributed by atoms with Crippen LogP contribution in [0.2, 0.25) is 0 Å². The van der Waals surface area contributed by atoms with Gasteiger partial charge in [-0.05, 0) is 51.7 Å². The number of rotatable bonds is 4. The van der Waals surface area contributed by atoms with Gasteiger partial charge < -0.3 is 19.2 Å². The zero-order valence-electron chi connectivity index (χ0n) is 23.4. The first-order valence-corrected chi connectivity index (χ1v) is 13.5. The molecular weight excluding hydrogens is 544 g/mol. The fraction of sp³-hybridized carbons (Fsp3) is 0.323. The topological polar surface area (TPSA) is 106 Å². The van der Waals surface area contributed by atoms with Gasteiger partial charge in [0.2, 0.25) is 0 Å². The number of benzene rings is 2. The van der Waals surface area contributed by atoms with E-state index in [9.17, 15) is 19.6 Å². The normalized spacial score (nSPS) is 17.3. The van der Waals surface area contributed by atoms with Crippen LogP contribution in [0.15, 0.2) is 54.7 Å². The Morgan fingerprint density at radius 3 is 2.34 bits per heavy atom. The highest BCUT2D eigenvalue weighted by Gasteiger charge is 2.43. The smallest absolute Gasteiger partial charge is 0.407 e. The minimum absolute atomic E-state index is 0. The van der Waals surface area contributed by atoms with Crippen LogP contribution in [0.25, 0.3) is 33.0 Å². The van der Waals surface area contributed by atoms with E-state index < -0.39 is 23.5 Å². The molecule has 2 aliphatic rings. The number of hydrogen-bond acceptors (Lipinski definition) is 5. The van der Waals surface area contributed by atoms with E-state index in [0.717, 1.165) is 33.9 Å². The lowest BCUT2D eigenvalue weighted by Gasteiger charge is -2.27. The number of halogens is 1. The third kappa shape index (κ3) is 4.79. The molecule has 2 aromatic carbocycles. The Kier molecular flexibility index (Phi) is 7.21. The van der Waals surface area contributed by atoms with E-state index in [2.05, 4.69) is 9.88 Å². The number of hydroxylamine groups is 2. The van der Waals surface area contributed by atoms with Gasteiger partial charge in [0, 0.05) is 65.0 Å². The van der Waals surface area contributed by atoms with Gasteiger partial charge in [-0.2, -0.15) is 0 Å². The molecule has 3 amide bonds. The van der Waals surface area contributed by atoms with Crippen LogP contribution in [0.5, 0.6) is 0 Å². The molecule has 2 aromatic heterocycles. The molecule has 1 atom stereocenters. The van der Waals surface area contributed by atoms with Gasteiger partial charge in [0.1, 0.15) is 5.60 Å². The molecule has 0 fully saturated rings. The minimum atomic E-state index is -0.737. The van der Waals surface area contributed by atoms with Gasteiger partial charge in [-0.25, -0.2) is 4.79 Å². The summed E-state index contributed by atoms with van der Waals surface area (Å²) in [5, 5.41) is 15.4. The number of carbonyl (C=O) groups excluding carboxylic acids is 3. The highest BCUT2D eigenvalue weighted by Crippen LogP contribution is 2.44. The van der Waals surface area contributed by atoms with Crippen LogP contribution < -0.4 is 5.32 Å². The van der Waals surface area contributed by atoms with Gasteiger partial charge in [0.25, 0.3) is 11.8 Å². The minimum Gasteiger partial charge on any atom is -0.444 e. The van der Waals surface area contributed by atoms with Crippen molar-refractivity contribution in [2.75, 3.05) is 6.54 Å². The second-order valence-electron chi connectivity index (χ2n) is 11.6. The number of alkyl carbamates (subject to hydrolysis) is 1. The largest absolute Gasteiger partial charge is 0.444 e. The zero-order valence-corrected chi connectivity index (χ0v) is 24.2. The number of para-hydroxylation sites is 2. The second kappa shape index (κ2) is 10.4. The monoisotopic (exact) mass is 576 g/mol. The molecule has 9 nitrogen and oxygen atoms in total. The number of fused-ring (bicyclic) bond motifs is 4. The summed E-state index contributed by atoms with van der Waals surface area (Å²) in [5.74, 6) is -1.37. The van der Waals surface area contributed by atoms with E-state index in [1.165, 1.54) is 0 Å². The van der Waals surface area contributed by atoms with Crippen molar-refractivity contribution >= 4 is 63.3 Å². The van der Waals surface area contributed by atoms with Crippen LogP contribution >= 0.6 is 12.4 Å². The lowest BCUT2D eigenvalue weighted by Crippen LogP contribution is -2.37. The maximum Gasteiger partial charge on any atom is 0.407 e. The maximum absolute atomic E-state index is 13.6. The first-order valence-electron chi connectivity index (χ1n) is 13.5. The number of amides is 3. The Bertz CT molecular complexity index is 1740. The van der Waals surface area contributed by atoms with Crippen molar-refractivity contribution in [2.24, 2.45) is 13.0 Å². The summed E-state index contributed by atoms with van der Waals surface area (Å²) < 4.78 is 9.52. The summed E-state index contributed by atoms with van der Waals surface area (Å²) in [7, 11) is 1.89. The Hall–Kier alpha value is -4.08. The van der Waals surface area contributed by atoms with Gasteiger partial charge in [-0.3, -0.25) is 14.8 Å². The average Bonchev–Trinajstić information content (AvgIpc) is 3.49. The third-order valence-electron chi connectivity index (χ3n) is 7.73. The first kappa shape index (κ1) is 28.4. The lowest BCUT2D eigenvalue weighted by atomic mass is 9.89. The quantitative estimate of drug-likeness (QED) is 0.253. The van der Waals surface area contributed by atoms with Crippen LogP contribution in [-0.4, -0.2) is 49.5 Å². The van der Waals surface area contributed by atoms with Gasteiger partial charge in [-0.1, -0.05) is 36.4 Å². The van der Waals surface area contributed by atoms with Crippen molar-refractivity contribution in [1.29, 1.82) is 0 Å². The Morgan fingerprint density at radius 2 is 1.63 bits per heavy atom. The van der Waals surface area contributed by atoms with Crippen molar-refractivity contribution in [2.45, 2.75) is 45.8 Å². The van der Waals surface area contributed by atoms with Gasteiger partial charge in [0.05, 0.1) is 11.1 Å². The van der Waals surface area contributed by atoms with E-state index in [-0.39, 0.29) is 34.5 Å². The number of nitrogens with one attached hydrogen (secondary N) is 1. The highest BCUT2D eigenvalue weighted by molar-refractivity contribution is 6.50. The molecule has 2 N–H and O–H groups in total. The van der Waals surface area contributed by atoms with E-state index in [4.69, 9.17) is 4.74 Å². The first-order chi connectivity index (χ1) is 19.0.